The van der Waals surface area contributed by atoms with Crippen LogP contribution in [0, 0.1) is 0 Å². The third kappa shape index (κ3) is 3.55. The lowest BCUT2D eigenvalue weighted by molar-refractivity contribution is -0.0174. The molecule has 0 radical (unpaired) electrons. The summed E-state index contributed by atoms with van der Waals surface area (Å²) in [6.07, 6.45) is 4.36. The molecule has 6 nitrogen and oxygen atoms in total. The SMILES string of the molecule is CN=C(NCC(C)N1CCOCC1C)NC1CC2CCC1O2. The molecule has 5 unspecified atom stereocenters. The Hall–Kier alpha value is -0.850. The zero-order valence-corrected chi connectivity index (χ0v) is 14.0. The van der Waals surface area contributed by atoms with Crippen molar-refractivity contribution in [3.8, 4) is 0 Å². The summed E-state index contributed by atoms with van der Waals surface area (Å²) in [6.45, 7) is 8.07. The van der Waals surface area contributed by atoms with Gasteiger partial charge in [0, 0.05) is 32.2 Å². The van der Waals surface area contributed by atoms with Gasteiger partial charge in [-0.2, -0.15) is 0 Å². The number of fused-ring (bicyclic) bond motifs is 2. The third-order valence-corrected chi connectivity index (χ3v) is 5.20. The van der Waals surface area contributed by atoms with Gasteiger partial charge in [0.15, 0.2) is 5.96 Å². The summed E-state index contributed by atoms with van der Waals surface area (Å²) < 4.78 is 11.4. The van der Waals surface area contributed by atoms with E-state index in [0.717, 1.165) is 38.7 Å². The fraction of sp³-hybridized carbons (Fsp3) is 0.938. The maximum atomic E-state index is 5.90. The van der Waals surface area contributed by atoms with Gasteiger partial charge in [-0.15, -0.1) is 0 Å². The van der Waals surface area contributed by atoms with Gasteiger partial charge in [-0.1, -0.05) is 0 Å². The first kappa shape index (κ1) is 16.0. The van der Waals surface area contributed by atoms with E-state index in [4.69, 9.17) is 9.47 Å². The molecule has 0 aliphatic carbocycles. The number of guanidine groups is 1. The zero-order chi connectivity index (χ0) is 15.5. The molecule has 3 saturated heterocycles. The van der Waals surface area contributed by atoms with Crippen LogP contribution in [-0.2, 0) is 9.47 Å². The third-order valence-electron chi connectivity index (χ3n) is 5.20. The van der Waals surface area contributed by atoms with Crippen LogP contribution >= 0.6 is 0 Å². The molecule has 0 aromatic rings. The highest BCUT2D eigenvalue weighted by Crippen LogP contribution is 2.34. The molecule has 3 fully saturated rings. The number of hydrogen-bond acceptors (Lipinski definition) is 4. The molecule has 0 amide bonds. The fourth-order valence-electron chi connectivity index (χ4n) is 3.92. The maximum Gasteiger partial charge on any atom is 0.191 e. The van der Waals surface area contributed by atoms with Gasteiger partial charge in [0.25, 0.3) is 0 Å². The summed E-state index contributed by atoms with van der Waals surface area (Å²) in [6, 6.07) is 1.37. The highest BCUT2D eigenvalue weighted by atomic mass is 16.5. The molecule has 3 heterocycles. The number of nitrogens with one attached hydrogen (secondary N) is 2. The van der Waals surface area contributed by atoms with Crippen LogP contribution in [0.2, 0.25) is 0 Å². The summed E-state index contributed by atoms with van der Waals surface area (Å²) in [4.78, 5) is 6.87. The summed E-state index contributed by atoms with van der Waals surface area (Å²) >= 11 is 0. The predicted molar refractivity (Wildman–Crippen MR) is 87.2 cm³/mol. The minimum absolute atomic E-state index is 0.375. The van der Waals surface area contributed by atoms with Gasteiger partial charge in [0.1, 0.15) is 0 Å². The molecule has 126 valence electrons. The van der Waals surface area contributed by atoms with Gasteiger partial charge in [-0.05, 0) is 33.1 Å². The second-order valence-corrected chi connectivity index (χ2v) is 6.82. The van der Waals surface area contributed by atoms with Crippen molar-refractivity contribution in [2.75, 3.05) is 33.4 Å². The second-order valence-electron chi connectivity index (χ2n) is 6.82. The van der Waals surface area contributed by atoms with Crippen molar-refractivity contribution < 1.29 is 9.47 Å². The first-order valence-corrected chi connectivity index (χ1v) is 8.63. The Bertz CT molecular complexity index is 404. The van der Waals surface area contributed by atoms with Crippen molar-refractivity contribution in [1.29, 1.82) is 0 Å². The quantitative estimate of drug-likeness (QED) is 0.588. The fourth-order valence-corrected chi connectivity index (χ4v) is 3.92. The topological polar surface area (TPSA) is 58.1 Å². The molecular weight excluding hydrogens is 280 g/mol. The van der Waals surface area contributed by atoms with Crippen LogP contribution in [0.15, 0.2) is 4.99 Å². The van der Waals surface area contributed by atoms with Crippen molar-refractivity contribution in [2.45, 2.75) is 63.4 Å². The number of aliphatic imine (C=N–C) groups is 1. The normalized spacial score (nSPS) is 37.3. The summed E-state index contributed by atoms with van der Waals surface area (Å²) in [5.74, 6) is 0.897. The van der Waals surface area contributed by atoms with Crippen molar-refractivity contribution in [3.05, 3.63) is 0 Å². The monoisotopic (exact) mass is 310 g/mol. The van der Waals surface area contributed by atoms with Gasteiger partial charge < -0.3 is 20.1 Å². The number of morpholine rings is 1. The average Bonchev–Trinajstić information content (AvgIpc) is 3.14. The van der Waals surface area contributed by atoms with E-state index < -0.39 is 0 Å². The lowest BCUT2D eigenvalue weighted by Crippen LogP contribution is -2.54. The van der Waals surface area contributed by atoms with Gasteiger partial charge in [-0.25, -0.2) is 0 Å². The molecule has 0 spiro atoms. The molecule has 3 rings (SSSR count). The summed E-state index contributed by atoms with van der Waals surface area (Å²) in [5.41, 5.74) is 0. The highest BCUT2D eigenvalue weighted by Gasteiger charge is 2.41. The molecule has 6 heteroatoms. The number of ether oxygens (including phenoxy) is 2. The van der Waals surface area contributed by atoms with E-state index in [-0.39, 0.29) is 0 Å². The van der Waals surface area contributed by atoms with Crippen LogP contribution in [0.5, 0.6) is 0 Å². The number of hydrogen-bond donors (Lipinski definition) is 2. The molecule has 2 N–H and O–H groups in total. The van der Waals surface area contributed by atoms with Gasteiger partial charge in [-0.3, -0.25) is 9.89 Å². The van der Waals surface area contributed by atoms with E-state index in [1.807, 2.05) is 7.05 Å². The Morgan fingerprint density at radius 2 is 2.27 bits per heavy atom. The van der Waals surface area contributed by atoms with E-state index in [9.17, 15) is 0 Å². The smallest absolute Gasteiger partial charge is 0.191 e. The molecule has 2 bridgehead atoms. The Morgan fingerprint density at radius 1 is 1.41 bits per heavy atom. The van der Waals surface area contributed by atoms with Crippen molar-refractivity contribution in [3.63, 3.8) is 0 Å². The molecule has 0 saturated carbocycles. The minimum atomic E-state index is 0.375. The van der Waals surface area contributed by atoms with Crippen LogP contribution in [0.1, 0.15) is 33.1 Å². The van der Waals surface area contributed by atoms with Gasteiger partial charge in [0.2, 0.25) is 0 Å². The second kappa shape index (κ2) is 7.15. The van der Waals surface area contributed by atoms with Gasteiger partial charge in [0.05, 0.1) is 31.5 Å². The van der Waals surface area contributed by atoms with E-state index >= 15 is 0 Å². The van der Waals surface area contributed by atoms with Crippen LogP contribution in [0.3, 0.4) is 0 Å². The predicted octanol–water partition coefficient (Wildman–Crippen LogP) is 0.581. The van der Waals surface area contributed by atoms with E-state index in [1.54, 1.807) is 0 Å². The van der Waals surface area contributed by atoms with E-state index in [0.29, 0.717) is 30.3 Å². The first-order chi connectivity index (χ1) is 10.7. The molecule has 3 aliphatic heterocycles. The van der Waals surface area contributed by atoms with Crippen LogP contribution < -0.4 is 10.6 Å². The van der Waals surface area contributed by atoms with Crippen LogP contribution in [0.4, 0.5) is 0 Å². The molecular formula is C16H30N4O2. The molecule has 0 aromatic heterocycles. The first-order valence-electron chi connectivity index (χ1n) is 8.63. The summed E-state index contributed by atoms with van der Waals surface area (Å²) in [5, 5.41) is 7.01. The lowest BCUT2D eigenvalue weighted by atomic mass is 9.96. The lowest BCUT2D eigenvalue weighted by Gasteiger charge is -2.38. The Balaban J connectivity index is 1.44. The van der Waals surface area contributed by atoms with Gasteiger partial charge >= 0.3 is 0 Å². The molecule has 5 atom stereocenters. The van der Waals surface area contributed by atoms with Crippen LogP contribution in [0.25, 0.3) is 0 Å². The number of nitrogens with zero attached hydrogens (tertiary/aromatic N) is 2. The van der Waals surface area contributed by atoms with Crippen molar-refractivity contribution >= 4 is 5.96 Å². The maximum absolute atomic E-state index is 5.90. The largest absolute Gasteiger partial charge is 0.379 e. The molecule has 0 aromatic carbocycles. The average molecular weight is 310 g/mol. The zero-order valence-electron chi connectivity index (χ0n) is 14.0. The van der Waals surface area contributed by atoms with E-state index in [2.05, 4.69) is 34.4 Å². The number of rotatable bonds is 4. The van der Waals surface area contributed by atoms with Crippen molar-refractivity contribution in [2.24, 2.45) is 4.99 Å². The molecule has 3 aliphatic rings. The minimum Gasteiger partial charge on any atom is -0.379 e. The summed E-state index contributed by atoms with van der Waals surface area (Å²) in [7, 11) is 1.84. The Morgan fingerprint density at radius 3 is 2.91 bits per heavy atom. The van der Waals surface area contributed by atoms with Crippen LogP contribution in [-0.4, -0.2) is 74.5 Å². The Kier molecular flexibility index (Phi) is 5.21. The Labute approximate surface area is 133 Å². The molecule has 22 heavy (non-hydrogen) atoms. The van der Waals surface area contributed by atoms with E-state index in [1.165, 1.54) is 12.8 Å². The highest BCUT2D eigenvalue weighted by molar-refractivity contribution is 5.80. The standard InChI is InChI=1S/C16H30N4O2/c1-11(20-6-7-21-10-12(20)2)9-18-16(17-3)19-14-8-13-4-5-15(14)22-13/h11-15H,4-10H2,1-3H3,(H2,17,18,19). The van der Waals surface area contributed by atoms with Crippen molar-refractivity contribution in [1.82, 2.24) is 15.5 Å².